The minimum Gasteiger partial charge on any atom is -0.504 e. The lowest BCUT2D eigenvalue weighted by Gasteiger charge is -2.18. The van der Waals surface area contributed by atoms with Gasteiger partial charge in [0.2, 0.25) is 0 Å². The van der Waals surface area contributed by atoms with Gasteiger partial charge in [-0.1, -0.05) is 0 Å². The first kappa shape index (κ1) is 12.6. The van der Waals surface area contributed by atoms with E-state index in [1.807, 2.05) is 0 Å². The van der Waals surface area contributed by atoms with Gasteiger partial charge >= 0.3 is 6.18 Å². The molecule has 0 aliphatic heterocycles. The fraction of sp³-hybridized carbons (Fsp3) is 0.333. The summed E-state index contributed by atoms with van der Waals surface area (Å²) in [6.07, 6.45) is -4.71. The van der Waals surface area contributed by atoms with Gasteiger partial charge in [0, 0.05) is 5.56 Å². The van der Waals surface area contributed by atoms with Crippen molar-refractivity contribution in [3.63, 3.8) is 0 Å². The van der Waals surface area contributed by atoms with Crippen LogP contribution in [0, 0.1) is 0 Å². The van der Waals surface area contributed by atoms with Gasteiger partial charge in [-0.15, -0.1) is 0 Å². The molecule has 0 aliphatic carbocycles. The molecule has 16 heavy (non-hydrogen) atoms. The van der Waals surface area contributed by atoms with Gasteiger partial charge in [-0.05, 0) is 12.1 Å². The molecule has 0 radical (unpaired) electrons. The molecule has 90 valence electrons. The molecule has 0 spiro atoms. The molecule has 0 fully saturated rings. The molecule has 5 N–H and O–H groups in total. The van der Waals surface area contributed by atoms with E-state index >= 15 is 0 Å². The summed E-state index contributed by atoms with van der Waals surface area (Å²) >= 11 is 0. The Labute approximate surface area is 88.7 Å². The molecular weight excluding hydrogens is 227 g/mol. The quantitative estimate of drug-likeness (QED) is 0.580. The normalized spacial score (nSPS) is 13.8. The molecule has 0 saturated heterocycles. The molecule has 1 atom stereocenters. The first-order valence-corrected chi connectivity index (χ1v) is 4.27. The third-order valence-corrected chi connectivity index (χ3v) is 2.07. The Balaban J connectivity index is 3.45. The Morgan fingerprint density at radius 1 is 1.25 bits per heavy atom. The van der Waals surface area contributed by atoms with Crippen molar-refractivity contribution >= 4 is 0 Å². The smallest absolute Gasteiger partial charge is 0.416 e. The van der Waals surface area contributed by atoms with E-state index in [9.17, 15) is 18.3 Å². The average Bonchev–Trinajstić information content (AvgIpc) is 2.19. The lowest BCUT2D eigenvalue weighted by molar-refractivity contribution is -0.138. The van der Waals surface area contributed by atoms with Gasteiger partial charge in [0.1, 0.15) is 0 Å². The minimum absolute atomic E-state index is 0.597. The third kappa shape index (κ3) is 2.20. The lowest BCUT2D eigenvalue weighted by Crippen LogP contribution is -2.20. The second kappa shape index (κ2) is 4.18. The van der Waals surface area contributed by atoms with Crippen molar-refractivity contribution in [1.82, 2.24) is 0 Å². The van der Waals surface area contributed by atoms with Crippen molar-refractivity contribution in [3.8, 4) is 11.5 Å². The number of benzene rings is 1. The maximum Gasteiger partial charge on any atom is 0.416 e. The zero-order valence-electron chi connectivity index (χ0n) is 7.99. The van der Waals surface area contributed by atoms with Gasteiger partial charge in [0.15, 0.2) is 11.5 Å². The van der Waals surface area contributed by atoms with E-state index in [1.165, 1.54) is 0 Å². The van der Waals surface area contributed by atoms with E-state index in [-0.39, 0.29) is 0 Å². The number of aromatic hydroxyl groups is 2. The number of aliphatic hydroxyl groups is 1. The van der Waals surface area contributed by atoms with Gasteiger partial charge in [-0.25, -0.2) is 0 Å². The second-order valence-corrected chi connectivity index (χ2v) is 3.18. The molecule has 1 aromatic carbocycles. The van der Waals surface area contributed by atoms with Gasteiger partial charge in [0.25, 0.3) is 0 Å². The standard InChI is InChI=1S/C9H10F3NO3/c10-9(11,12)4-1-2-6(15)8(16)7(4)5(13)3-14/h1-2,5,14-16H,3,13H2. The van der Waals surface area contributed by atoms with Crippen LogP contribution in [-0.2, 0) is 6.18 Å². The molecule has 1 rings (SSSR count). The molecule has 0 bridgehead atoms. The number of nitrogens with two attached hydrogens (primary N) is 1. The highest BCUT2D eigenvalue weighted by atomic mass is 19.4. The second-order valence-electron chi connectivity index (χ2n) is 3.18. The number of rotatable bonds is 2. The number of halogens is 3. The van der Waals surface area contributed by atoms with E-state index in [2.05, 4.69) is 0 Å². The highest BCUT2D eigenvalue weighted by Crippen LogP contribution is 2.42. The van der Waals surface area contributed by atoms with Crippen molar-refractivity contribution in [2.75, 3.05) is 6.61 Å². The van der Waals surface area contributed by atoms with Crippen LogP contribution in [-0.4, -0.2) is 21.9 Å². The summed E-state index contributed by atoms with van der Waals surface area (Å²) in [5.41, 5.74) is 3.35. The predicted molar refractivity (Wildman–Crippen MR) is 48.8 cm³/mol. The molecule has 0 aliphatic rings. The summed E-state index contributed by atoms with van der Waals surface area (Å²) in [6, 6.07) is -0.102. The van der Waals surface area contributed by atoms with Crippen LogP contribution in [0.25, 0.3) is 0 Å². The molecule has 0 heterocycles. The van der Waals surface area contributed by atoms with E-state index in [0.29, 0.717) is 12.1 Å². The van der Waals surface area contributed by atoms with E-state index < -0.39 is 41.5 Å². The summed E-state index contributed by atoms with van der Waals surface area (Å²) in [5.74, 6) is -1.68. The molecule has 1 unspecified atom stereocenters. The Morgan fingerprint density at radius 2 is 1.81 bits per heavy atom. The van der Waals surface area contributed by atoms with Crippen LogP contribution in [0.3, 0.4) is 0 Å². The van der Waals surface area contributed by atoms with Crippen LogP contribution >= 0.6 is 0 Å². The monoisotopic (exact) mass is 237 g/mol. The summed E-state index contributed by atoms with van der Waals surface area (Å²) in [7, 11) is 0. The average molecular weight is 237 g/mol. The summed E-state index contributed by atoms with van der Waals surface area (Å²) in [6.45, 7) is -0.778. The van der Waals surface area contributed by atoms with E-state index in [0.717, 1.165) is 0 Å². The Hall–Kier alpha value is -1.47. The van der Waals surface area contributed by atoms with Crippen LogP contribution in [0.1, 0.15) is 17.2 Å². The predicted octanol–water partition coefficient (Wildman–Crippen LogP) is 1.11. The van der Waals surface area contributed by atoms with Gasteiger partial charge in [-0.3, -0.25) is 0 Å². The Kier molecular flexibility index (Phi) is 3.30. The Bertz CT molecular complexity index is 392. The van der Waals surface area contributed by atoms with Crippen molar-refractivity contribution in [3.05, 3.63) is 23.3 Å². The first-order valence-electron chi connectivity index (χ1n) is 4.27. The van der Waals surface area contributed by atoms with Crippen molar-refractivity contribution in [1.29, 1.82) is 0 Å². The van der Waals surface area contributed by atoms with Gasteiger partial charge < -0.3 is 21.1 Å². The fourth-order valence-electron chi connectivity index (χ4n) is 1.31. The number of alkyl halides is 3. The molecule has 7 heteroatoms. The molecular formula is C9H10F3NO3. The number of phenols is 2. The van der Waals surface area contributed by atoms with Crippen LogP contribution in [0.15, 0.2) is 12.1 Å². The van der Waals surface area contributed by atoms with Crippen molar-refractivity contribution in [2.45, 2.75) is 12.2 Å². The molecule has 0 aromatic heterocycles. The van der Waals surface area contributed by atoms with Crippen molar-refractivity contribution < 1.29 is 28.5 Å². The number of hydrogen-bond acceptors (Lipinski definition) is 4. The molecule has 1 aromatic rings. The number of aliphatic hydroxyl groups excluding tert-OH is 1. The van der Waals surface area contributed by atoms with Crippen LogP contribution in [0.2, 0.25) is 0 Å². The van der Waals surface area contributed by atoms with Gasteiger partial charge in [-0.2, -0.15) is 13.2 Å². The van der Waals surface area contributed by atoms with Gasteiger partial charge in [0.05, 0.1) is 18.2 Å². The lowest BCUT2D eigenvalue weighted by atomic mass is 9.99. The molecule has 4 nitrogen and oxygen atoms in total. The summed E-state index contributed by atoms with van der Waals surface area (Å²) in [5, 5.41) is 27.1. The third-order valence-electron chi connectivity index (χ3n) is 2.07. The number of phenolic OH excluding ortho intramolecular Hbond substituents is 2. The first-order chi connectivity index (χ1) is 7.29. The van der Waals surface area contributed by atoms with Crippen LogP contribution < -0.4 is 5.73 Å². The highest BCUT2D eigenvalue weighted by molar-refractivity contribution is 5.51. The SMILES string of the molecule is NC(CO)c1c(C(F)(F)F)ccc(O)c1O. The summed E-state index contributed by atoms with van der Waals surface area (Å²) in [4.78, 5) is 0. The Morgan fingerprint density at radius 3 is 2.25 bits per heavy atom. The summed E-state index contributed by atoms with van der Waals surface area (Å²) < 4.78 is 37.6. The molecule has 0 saturated carbocycles. The topological polar surface area (TPSA) is 86.7 Å². The maximum atomic E-state index is 12.5. The molecule has 0 amide bonds. The van der Waals surface area contributed by atoms with Crippen LogP contribution in [0.4, 0.5) is 13.2 Å². The minimum atomic E-state index is -4.71. The fourth-order valence-corrected chi connectivity index (χ4v) is 1.31. The largest absolute Gasteiger partial charge is 0.504 e. The van der Waals surface area contributed by atoms with Crippen LogP contribution in [0.5, 0.6) is 11.5 Å². The number of hydrogen-bond donors (Lipinski definition) is 4. The zero-order chi connectivity index (χ0) is 12.5. The van der Waals surface area contributed by atoms with E-state index in [4.69, 9.17) is 15.9 Å². The maximum absolute atomic E-state index is 12.5. The highest BCUT2D eigenvalue weighted by Gasteiger charge is 2.36. The van der Waals surface area contributed by atoms with Crippen molar-refractivity contribution in [2.24, 2.45) is 5.73 Å². The zero-order valence-corrected chi connectivity index (χ0v) is 7.99. The van der Waals surface area contributed by atoms with E-state index in [1.54, 1.807) is 0 Å².